The van der Waals surface area contributed by atoms with Crippen LogP contribution >= 0.6 is 23.1 Å². The third-order valence-electron chi connectivity index (χ3n) is 6.82. The van der Waals surface area contributed by atoms with Gasteiger partial charge in [-0.25, -0.2) is 31.5 Å². The van der Waals surface area contributed by atoms with Crippen molar-refractivity contribution in [2.45, 2.75) is 11.4 Å². The Morgan fingerprint density at radius 1 is 0.911 bits per heavy atom. The predicted octanol–water partition coefficient (Wildman–Crippen LogP) is 7.22. The van der Waals surface area contributed by atoms with Crippen LogP contribution in [0, 0.1) is 11.6 Å². The number of rotatable bonds is 10. The highest BCUT2D eigenvalue weighted by molar-refractivity contribution is 7.93. The molecule has 4 aromatic carbocycles. The van der Waals surface area contributed by atoms with Crippen molar-refractivity contribution in [1.29, 1.82) is 0 Å². The highest BCUT2D eigenvalue weighted by Crippen LogP contribution is 2.39. The van der Waals surface area contributed by atoms with E-state index in [0.717, 1.165) is 33.2 Å². The van der Waals surface area contributed by atoms with Crippen molar-refractivity contribution in [1.82, 2.24) is 19.3 Å². The number of aromatic amines is 1. The summed E-state index contributed by atoms with van der Waals surface area (Å²) in [6.45, 7) is -0.321. The summed E-state index contributed by atoms with van der Waals surface area (Å²) < 4.78 is 80.2. The Morgan fingerprint density at radius 2 is 1.76 bits per heavy atom. The molecule has 230 valence electrons. The number of halogens is 3. The van der Waals surface area contributed by atoms with E-state index in [9.17, 15) is 8.42 Å². The average molecular weight is 670 g/mol. The van der Waals surface area contributed by atoms with Crippen LogP contribution in [0.2, 0.25) is 5.02 Å². The summed E-state index contributed by atoms with van der Waals surface area (Å²) in [5.41, 5.74) is 3.07. The number of imidazole rings is 1. The van der Waals surface area contributed by atoms with Gasteiger partial charge in [0.15, 0.2) is 11.6 Å². The smallest absolute Gasteiger partial charge is 0.269 e. The number of benzene rings is 4. The van der Waals surface area contributed by atoms with Crippen molar-refractivity contribution in [2.75, 3.05) is 18.5 Å². The Morgan fingerprint density at radius 3 is 2.51 bits per heavy atom. The summed E-state index contributed by atoms with van der Waals surface area (Å²) in [5.74, 6) is -1.92. The van der Waals surface area contributed by atoms with Gasteiger partial charge in [-0.15, -0.1) is 0 Å². The van der Waals surface area contributed by atoms with Gasteiger partial charge in [-0.3, -0.25) is 0 Å². The number of nitrogens with one attached hydrogen (secondary N) is 1. The molecule has 10 nitrogen and oxygen atoms in total. The van der Waals surface area contributed by atoms with E-state index in [2.05, 4.69) is 19.3 Å². The Bertz CT molecular complexity index is 2130. The van der Waals surface area contributed by atoms with Crippen molar-refractivity contribution in [3.8, 4) is 34.1 Å². The fraction of sp³-hybridized carbons (Fsp3) is 0.100. The number of anilines is 1. The van der Waals surface area contributed by atoms with E-state index in [-0.39, 0.29) is 17.4 Å². The summed E-state index contributed by atoms with van der Waals surface area (Å²) in [6.07, 6.45) is 2.71. The van der Waals surface area contributed by atoms with E-state index in [1.807, 2.05) is 6.07 Å². The van der Waals surface area contributed by atoms with Crippen LogP contribution in [-0.2, 0) is 16.6 Å². The molecule has 0 fully saturated rings. The molecule has 0 saturated heterocycles. The van der Waals surface area contributed by atoms with Crippen molar-refractivity contribution < 1.29 is 31.4 Å². The molecule has 45 heavy (non-hydrogen) atoms. The second kappa shape index (κ2) is 12.3. The zero-order valence-electron chi connectivity index (χ0n) is 23.5. The minimum Gasteiger partial charge on any atom is -0.497 e. The molecule has 0 aliphatic heterocycles. The van der Waals surface area contributed by atoms with Gasteiger partial charge in [0.05, 0.1) is 38.1 Å². The molecule has 1 N–H and O–H groups in total. The molecular formula is C30H22ClF2N5O5S2. The fourth-order valence-electron chi connectivity index (χ4n) is 4.61. The van der Waals surface area contributed by atoms with Crippen LogP contribution in [0.1, 0.15) is 5.56 Å². The first-order valence-corrected chi connectivity index (χ1v) is 15.7. The lowest BCUT2D eigenvalue weighted by atomic mass is 10.0. The first-order chi connectivity index (χ1) is 21.7. The molecule has 0 saturated carbocycles. The van der Waals surface area contributed by atoms with Crippen LogP contribution < -0.4 is 18.5 Å². The van der Waals surface area contributed by atoms with Gasteiger partial charge in [-0.1, -0.05) is 17.7 Å². The molecule has 0 aliphatic carbocycles. The van der Waals surface area contributed by atoms with E-state index in [0.29, 0.717) is 45.3 Å². The highest BCUT2D eigenvalue weighted by Gasteiger charge is 2.32. The molecule has 6 aromatic rings. The third kappa shape index (κ3) is 5.99. The highest BCUT2D eigenvalue weighted by atomic mass is 35.5. The summed E-state index contributed by atoms with van der Waals surface area (Å²) >= 11 is 7.03. The monoisotopic (exact) mass is 669 g/mol. The first kappa shape index (κ1) is 30.2. The van der Waals surface area contributed by atoms with E-state index in [1.54, 1.807) is 42.7 Å². The second-order valence-corrected chi connectivity index (χ2v) is 12.5. The van der Waals surface area contributed by atoms with Gasteiger partial charge in [0.2, 0.25) is 5.13 Å². The molecule has 15 heteroatoms. The molecule has 0 radical (unpaired) electrons. The average Bonchev–Trinajstić information content (AvgIpc) is 3.74. The van der Waals surface area contributed by atoms with Crippen LogP contribution in [0.3, 0.4) is 0 Å². The Labute approximate surface area is 265 Å². The summed E-state index contributed by atoms with van der Waals surface area (Å²) in [4.78, 5) is 10.3. The number of hydrogen-bond acceptors (Lipinski definition) is 9. The summed E-state index contributed by atoms with van der Waals surface area (Å²) in [6, 6.07) is 16.1. The number of H-pyrrole nitrogens is 1. The Kier molecular flexibility index (Phi) is 8.27. The van der Waals surface area contributed by atoms with Crippen LogP contribution in [0.15, 0.2) is 84.3 Å². The summed E-state index contributed by atoms with van der Waals surface area (Å²) in [7, 11) is -1.83. The lowest BCUT2D eigenvalue weighted by Gasteiger charge is -2.23. The van der Waals surface area contributed by atoms with Gasteiger partial charge in [0.25, 0.3) is 10.0 Å². The summed E-state index contributed by atoms with van der Waals surface area (Å²) in [5, 5.41) is 0.327. The van der Waals surface area contributed by atoms with E-state index >= 15 is 8.78 Å². The quantitative estimate of drug-likeness (QED) is 0.162. The van der Waals surface area contributed by atoms with Gasteiger partial charge in [0.1, 0.15) is 34.3 Å². The van der Waals surface area contributed by atoms with Crippen LogP contribution in [0.4, 0.5) is 13.9 Å². The van der Waals surface area contributed by atoms with E-state index in [4.69, 9.17) is 25.8 Å². The number of sulfonamides is 1. The first-order valence-electron chi connectivity index (χ1n) is 13.1. The number of hydrogen-bond donors (Lipinski definition) is 1. The number of aromatic nitrogens is 4. The van der Waals surface area contributed by atoms with Crippen molar-refractivity contribution in [3.05, 3.63) is 102 Å². The molecule has 0 amide bonds. The van der Waals surface area contributed by atoms with Crippen LogP contribution in [0.25, 0.3) is 22.2 Å². The molecule has 0 bridgehead atoms. The molecule has 0 spiro atoms. The van der Waals surface area contributed by atoms with Gasteiger partial charge in [0, 0.05) is 45.9 Å². The number of methoxy groups -OCH3 is 2. The molecule has 2 heterocycles. The standard InChI is InChI=1S/C30H22ClF2N5O5S2/c1-41-20-6-3-18(27(11-20)42-2)14-38(30-36-16-37-44-30)45(39,40)29-13-22(32)28(12-23(29)33)43-26-8-5-19(31)10-21(26)17-4-7-24-25(9-17)35-15-34-24/h3-13,15-16H,14H2,1-2H3,(H,34,35). The maximum absolute atomic E-state index is 15.7. The number of ether oxygens (including phenoxy) is 3. The van der Waals surface area contributed by atoms with Gasteiger partial charge >= 0.3 is 0 Å². The SMILES string of the molecule is COc1ccc(CN(c2ncns2)S(=O)(=O)c2cc(F)c(Oc3ccc(Cl)cc3-c3ccc4nc[nH]c4c3)cc2F)c(OC)c1. The molecular weight excluding hydrogens is 648 g/mol. The number of nitrogens with zero attached hydrogens (tertiary/aromatic N) is 4. The minimum absolute atomic E-state index is 0.0620. The van der Waals surface area contributed by atoms with Crippen molar-refractivity contribution in [2.24, 2.45) is 0 Å². The Balaban J connectivity index is 1.36. The maximum Gasteiger partial charge on any atom is 0.269 e. The zero-order chi connectivity index (χ0) is 31.7. The van der Waals surface area contributed by atoms with E-state index < -0.39 is 32.3 Å². The fourth-order valence-corrected chi connectivity index (χ4v) is 6.98. The third-order valence-corrected chi connectivity index (χ3v) is 9.61. The molecule has 0 unspecified atom stereocenters. The molecule has 0 aliphatic rings. The van der Waals surface area contributed by atoms with Crippen molar-refractivity contribution in [3.63, 3.8) is 0 Å². The normalized spacial score (nSPS) is 11.5. The molecule has 0 atom stereocenters. The van der Waals surface area contributed by atoms with E-state index in [1.165, 1.54) is 26.4 Å². The van der Waals surface area contributed by atoms with Crippen molar-refractivity contribution >= 4 is 49.3 Å². The number of fused-ring (bicyclic) bond motifs is 1. The van der Waals surface area contributed by atoms with Gasteiger partial charge < -0.3 is 19.2 Å². The lowest BCUT2D eigenvalue weighted by molar-refractivity contribution is 0.391. The minimum atomic E-state index is -4.72. The molecule has 6 rings (SSSR count). The topological polar surface area (TPSA) is 120 Å². The lowest BCUT2D eigenvalue weighted by Crippen LogP contribution is -2.31. The largest absolute Gasteiger partial charge is 0.497 e. The predicted molar refractivity (Wildman–Crippen MR) is 166 cm³/mol. The zero-order valence-corrected chi connectivity index (χ0v) is 25.9. The van der Waals surface area contributed by atoms with Gasteiger partial charge in [-0.2, -0.15) is 4.37 Å². The molecule has 2 aromatic heterocycles. The maximum atomic E-state index is 15.7. The van der Waals surface area contributed by atoms with Gasteiger partial charge in [-0.05, 0) is 48.0 Å². The van der Waals surface area contributed by atoms with Crippen LogP contribution in [-0.4, -0.2) is 42.0 Å². The Hall–Kier alpha value is -4.79. The second-order valence-electron chi connectivity index (χ2n) is 9.50. The van der Waals surface area contributed by atoms with Crippen LogP contribution in [0.5, 0.6) is 23.0 Å².